The Balaban J connectivity index is 1.86. The van der Waals surface area contributed by atoms with Crippen molar-refractivity contribution >= 4 is 5.78 Å². The van der Waals surface area contributed by atoms with E-state index in [1.54, 1.807) is 18.2 Å². The van der Waals surface area contributed by atoms with E-state index in [0.29, 0.717) is 18.8 Å². The molecule has 16 heavy (non-hydrogen) atoms. The summed E-state index contributed by atoms with van der Waals surface area (Å²) in [4.78, 5) is 11.8. The van der Waals surface area contributed by atoms with Crippen LogP contribution in [-0.2, 0) is 11.2 Å². The number of phenolic OH excluding ortho intramolecular Hbond substituents is 1. The van der Waals surface area contributed by atoms with Crippen molar-refractivity contribution in [2.45, 2.75) is 19.3 Å². The highest BCUT2D eigenvalue weighted by Crippen LogP contribution is 2.16. The third-order valence-electron chi connectivity index (χ3n) is 2.99. The fourth-order valence-electron chi connectivity index (χ4n) is 2.18. The van der Waals surface area contributed by atoms with Gasteiger partial charge in [-0.15, -0.1) is 0 Å². The highest BCUT2D eigenvalue weighted by molar-refractivity contribution is 5.81. The van der Waals surface area contributed by atoms with Crippen molar-refractivity contribution in [3.05, 3.63) is 29.8 Å². The number of carbonyl (C=O) groups is 1. The van der Waals surface area contributed by atoms with Gasteiger partial charge < -0.3 is 10.4 Å². The van der Waals surface area contributed by atoms with Crippen LogP contribution < -0.4 is 5.32 Å². The largest absolute Gasteiger partial charge is 0.508 e. The van der Waals surface area contributed by atoms with Gasteiger partial charge in [0.2, 0.25) is 0 Å². The SMILES string of the molecule is O=C(Cc1cccc(O)c1)CC1CCNC1. The number of benzene rings is 1. The van der Waals surface area contributed by atoms with Crippen LogP contribution >= 0.6 is 0 Å². The minimum absolute atomic E-state index is 0.229. The quantitative estimate of drug-likeness (QED) is 0.807. The molecule has 0 saturated carbocycles. The van der Waals surface area contributed by atoms with Gasteiger partial charge in [-0.3, -0.25) is 4.79 Å². The van der Waals surface area contributed by atoms with Crippen molar-refractivity contribution < 1.29 is 9.90 Å². The first-order valence-corrected chi connectivity index (χ1v) is 5.74. The summed E-state index contributed by atoms with van der Waals surface area (Å²) in [6.07, 6.45) is 2.19. The Hall–Kier alpha value is -1.35. The fraction of sp³-hybridized carbons (Fsp3) is 0.462. The second-order valence-corrected chi connectivity index (χ2v) is 4.45. The zero-order valence-corrected chi connectivity index (χ0v) is 9.28. The third-order valence-corrected chi connectivity index (χ3v) is 2.99. The molecule has 3 nitrogen and oxygen atoms in total. The smallest absolute Gasteiger partial charge is 0.137 e. The highest BCUT2D eigenvalue weighted by Gasteiger charge is 2.17. The van der Waals surface area contributed by atoms with Crippen LogP contribution in [0.1, 0.15) is 18.4 Å². The number of phenols is 1. The van der Waals surface area contributed by atoms with E-state index >= 15 is 0 Å². The van der Waals surface area contributed by atoms with Gasteiger partial charge in [0.25, 0.3) is 0 Å². The molecule has 86 valence electrons. The summed E-state index contributed by atoms with van der Waals surface area (Å²) >= 11 is 0. The Labute approximate surface area is 95.5 Å². The van der Waals surface area contributed by atoms with Crippen LogP contribution in [0.2, 0.25) is 0 Å². The molecule has 0 amide bonds. The molecule has 1 aromatic rings. The lowest BCUT2D eigenvalue weighted by atomic mass is 9.98. The Morgan fingerprint density at radius 3 is 3.06 bits per heavy atom. The zero-order valence-electron chi connectivity index (χ0n) is 9.28. The molecule has 1 atom stereocenters. The van der Waals surface area contributed by atoms with E-state index in [1.807, 2.05) is 6.07 Å². The average molecular weight is 219 g/mol. The first kappa shape index (κ1) is 11.1. The molecule has 0 aromatic heterocycles. The molecule has 0 radical (unpaired) electrons. The number of hydrogen-bond donors (Lipinski definition) is 2. The van der Waals surface area contributed by atoms with Gasteiger partial charge in [0.15, 0.2) is 0 Å². The van der Waals surface area contributed by atoms with Crippen molar-refractivity contribution in [1.29, 1.82) is 0 Å². The number of Topliss-reactive ketones (excluding diaryl/α,β-unsaturated/α-hetero) is 1. The second-order valence-electron chi connectivity index (χ2n) is 4.45. The Bertz CT molecular complexity index is 370. The molecule has 2 N–H and O–H groups in total. The molecule has 1 aromatic carbocycles. The minimum Gasteiger partial charge on any atom is -0.508 e. The third kappa shape index (κ3) is 3.07. The average Bonchev–Trinajstić information content (AvgIpc) is 2.70. The zero-order chi connectivity index (χ0) is 11.4. The molecule has 1 heterocycles. The molecule has 0 spiro atoms. The van der Waals surface area contributed by atoms with Crippen molar-refractivity contribution in [2.75, 3.05) is 13.1 Å². The predicted molar refractivity (Wildman–Crippen MR) is 62.4 cm³/mol. The monoisotopic (exact) mass is 219 g/mol. The number of rotatable bonds is 4. The second kappa shape index (κ2) is 5.12. The number of carbonyl (C=O) groups excluding carboxylic acids is 1. The van der Waals surface area contributed by atoms with E-state index in [2.05, 4.69) is 5.32 Å². The van der Waals surface area contributed by atoms with Crippen molar-refractivity contribution in [3.63, 3.8) is 0 Å². The van der Waals surface area contributed by atoms with Crippen LogP contribution in [0.5, 0.6) is 5.75 Å². The van der Waals surface area contributed by atoms with E-state index in [4.69, 9.17) is 0 Å². The highest BCUT2D eigenvalue weighted by atomic mass is 16.3. The van der Waals surface area contributed by atoms with Crippen LogP contribution in [0.4, 0.5) is 0 Å². The van der Waals surface area contributed by atoms with Gasteiger partial charge in [0, 0.05) is 12.8 Å². The topological polar surface area (TPSA) is 49.3 Å². The summed E-state index contributed by atoms with van der Waals surface area (Å²) in [5.74, 6) is 0.997. The molecular formula is C13H17NO2. The maximum Gasteiger partial charge on any atom is 0.137 e. The molecule has 1 saturated heterocycles. The van der Waals surface area contributed by atoms with Crippen molar-refractivity contribution in [1.82, 2.24) is 5.32 Å². The lowest BCUT2D eigenvalue weighted by Crippen LogP contribution is -2.14. The van der Waals surface area contributed by atoms with Gasteiger partial charge in [-0.2, -0.15) is 0 Å². The number of aromatic hydroxyl groups is 1. The normalized spacial score (nSPS) is 19.9. The molecule has 1 aliphatic rings. The van der Waals surface area contributed by atoms with E-state index < -0.39 is 0 Å². The molecule has 2 rings (SSSR count). The van der Waals surface area contributed by atoms with Gasteiger partial charge in [-0.25, -0.2) is 0 Å². The van der Waals surface area contributed by atoms with Crippen LogP contribution in [-0.4, -0.2) is 24.0 Å². The maximum atomic E-state index is 11.8. The molecule has 0 aliphatic carbocycles. The first-order chi connectivity index (χ1) is 7.74. The first-order valence-electron chi connectivity index (χ1n) is 5.74. The van der Waals surface area contributed by atoms with Gasteiger partial charge in [0.05, 0.1) is 0 Å². The molecule has 0 bridgehead atoms. The lowest BCUT2D eigenvalue weighted by molar-refractivity contribution is -0.119. The summed E-state index contributed by atoms with van der Waals surface area (Å²) in [5, 5.41) is 12.5. The molecule has 1 unspecified atom stereocenters. The van der Waals surface area contributed by atoms with Gasteiger partial charge in [0.1, 0.15) is 11.5 Å². The van der Waals surface area contributed by atoms with Gasteiger partial charge >= 0.3 is 0 Å². The number of ketones is 1. The predicted octanol–water partition coefficient (Wildman–Crippen LogP) is 1.50. The molecule has 3 heteroatoms. The van der Waals surface area contributed by atoms with Crippen LogP contribution in [0.25, 0.3) is 0 Å². The standard InChI is InChI=1S/C13H17NO2/c15-12-3-1-2-10(6-12)7-13(16)8-11-4-5-14-9-11/h1-3,6,11,14-15H,4-5,7-9H2. The maximum absolute atomic E-state index is 11.8. The van der Waals surface area contributed by atoms with Crippen LogP contribution in [0.3, 0.4) is 0 Å². The molecule has 1 aliphatic heterocycles. The van der Waals surface area contributed by atoms with Gasteiger partial charge in [-0.1, -0.05) is 12.1 Å². The fourth-order valence-corrected chi connectivity index (χ4v) is 2.18. The van der Waals surface area contributed by atoms with E-state index in [9.17, 15) is 9.90 Å². The lowest BCUT2D eigenvalue weighted by Gasteiger charge is -2.07. The van der Waals surface area contributed by atoms with Crippen LogP contribution in [0, 0.1) is 5.92 Å². The van der Waals surface area contributed by atoms with E-state index in [0.717, 1.165) is 25.1 Å². The summed E-state index contributed by atoms with van der Waals surface area (Å²) in [6, 6.07) is 6.93. The Kier molecular flexibility index (Phi) is 3.57. The Morgan fingerprint density at radius 1 is 1.50 bits per heavy atom. The number of nitrogens with one attached hydrogen (secondary N) is 1. The van der Waals surface area contributed by atoms with Crippen molar-refractivity contribution in [2.24, 2.45) is 5.92 Å². The van der Waals surface area contributed by atoms with Crippen molar-refractivity contribution in [3.8, 4) is 5.75 Å². The summed E-state index contributed by atoms with van der Waals surface area (Å²) in [5.41, 5.74) is 0.899. The minimum atomic E-state index is 0.229. The molecule has 1 fully saturated rings. The Morgan fingerprint density at radius 2 is 2.38 bits per heavy atom. The van der Waals surface area contributed by atoms with Gasteiger partial charge in [-0.05, 0) is 43.1 Å². The van der Waals surface area contributed by atoms with E-state index in [1.165, 1.54) is 0 Å². The van der Waals surface area contributed by atoms with E-state index in [-0.39, 0.29) is 11.5 Å². The summed E-state index contributed by atoms with van der Waals surface area (Å²) < 4.78 is 0. The molecular weight excluding hydrogens is 202 g/mol. The summed E-state index contributed by atoms with van der Waals surface area (Å²) in [7, 11) is 0. The summed E-state index contributed by atoms with van der Waals surface area (Å²) in [6.45, 7) is 2.00. The number of hydrogen-bond acceptors (Lipinski definition) is 3. The van der Waals surface area contributed by atoms with Crippen LogP contribution in [0.15, 0.2) is 24.3 Å².